The van der Waals surface area contributed by atoms with Crippen LogP contribution in [0.25, 0.3) is 0 Å². The van der Waals surface area contributed by atoms with Gasteiger partial charge in [0.15, 0.2) is 0 Å². The standard InChI is InChI=1S/C33H43N/c1-5-27-17-19-28(20-18-27)25-29-21-24-34(26-29)32(3,4)22-23-33(6-2,30-13-9-7-10-14-30)31-15-11-8-12-16-31/h6-7,9-11,13-20,29H,2,5,8,12,21-26H2,1,3-4H3. The van der Waals surface area contributed by atoms with E-state index in [4.69, 9.17) is 0 Å². The van der Waals surface area contributed by atoms with Crippen LogP contribution in [-0.4, -0.2) is 23.5 Å². The Morgan fingerprint density at radius 3 is 2.35 bits per heavy atom. The number of hydrogen-bond donors (Lipinski definition) is 0. The number of benzene rings is 2. The average molecular weight is 454 g/mol. The first-order valence-corrected chi connectivity index (χ1v) is 13.4. The van der Waals surface area contributed by atoms with Gasteiger partial charge in [-0.2, -0.15) is 0 Å². The summed E-state index contributed by atoms with van der Waals surface area (Å²) in [5.41, 5.74) is 5.77. The van der Waals surface area contributed by atoms with Gasteiger partial charge in [0.25, 0.3) is 0 Å². The average Bonchev–Trinajstić information content (AvgIpc) is 3.36. The highest BCUT2D eigenvalue weighted by Crippen LogP contribution is 2.43. The second kappa shape index (κ2) is 10.9. The maximum atomic E-state index is 4.37. The van der Waals surface area contributed by atoms with E-state index < -0.39 is 0 Å². The van der Waals surface area contributed by atoms with E-state index in [-0.39, 0.29) is 11.0 Å². The van der Waals surface area contributed by atoms with Crippen molar-refractivity contribution in [2.24, 2.45) is 5.92 Å². The first kappa shape index (κ1) is 24.7. The molecule has 0 N–H and O–H groups in total. The zero-order valence-electron chi connectivity index (χ0n) is 21.6. The summed E-state index contributed by atoms with van der Waals surface area (Å²) in [7, 11) is 0. The molecule has 1 heteroatoms. The van der Waals surface area contributed by atoms with E-state index in [1.807, 2.05) is 0 Å². The number of allylic oxidation sites excluding steroid dienone is 5. The third-order valence-electron chi connectivity index (χ3n) is 8.38. The van der Waals surface area contributed by atoms with Gasteiger partial charge in [0.05, 0.1) is 0 Å². The summed E-state index contributed by atoms with van der Waals surface area (Å²) in [6, 6.07) is 20.3. The Labute approximate surface area is 208 Å². The molecule has 1 fully saturated rings. The van der Waals surface area contributed by atoms with Crippen molar-refractivity contribution in [3.8, 4) is 0 Å². The van der Waals surface area contributed by atoms with Gasteiger partial charge in [-0.15, -0.1) is 6.58 Å². The molecule has 1 aliphatic heterocycles. The molecule has 0 bridgehead atoms. The van der Waals surface area contributed by atoms with E-state index in [1.165, 1.54) is 48.2 Å². The molecule has 0 aromatic heterocycles. The first-order valence-electron chi connectivity index (χ1n) is 13.4. The Bertz CT molecular complexity index is 995. The van der Waals surface area contributed by atoms with Gasteiger partial charge in [0.1, 0.15) is 0 Å². The summed E-state index contributed by atoms with van der Waals surface area (Å²) in [6.45, 7) is 13.9. The Morgan fingerprint density at radius 2 is 1.71 bits per heavy atom. The predicted molar refractivity (Wildman–Crippen MR) is 147 cm³/mol. The molecule has 2 aromatic rings. The highest BCUT2D eigenvalue weighted by Gasteiger charge is 2.38. The Kier molecular flexibility index (Phi) is 7.94. The lowest BCUT2D eigenvalue weighted by Gasteiger charge is -2.41. The van der Waals surface area contributed by atoms with Crippen molar-refractivity contribution in [3.63, 3.8) is 0 Å². The van der Waals surface area contributed by atoms with E-state index in [0.717, 1.165) is 38.0 Å². The van der Waals surface area contributed by atoms with E-state index in [9.17, 15) is 0 Å². The van der Waals surface area contributed by atoms with Crippen LogP contribution in [0.2, 0.25) is 0 Å². The number of rotatable bonds is 10. The minimum Gasteiger partial charge on any atom is -0.298 e. The van der Waals surface area contributed by atoms with Crippen molar-refractivity contribution in [3.05, 3.63) is 108 Å². The quantitative estimate of drug-likeness (QED) is 0.329. The van der Waals surface area contributed by atoms with Crippen LogP contribution in [0.15, 0.2) is 91.1 Å². The molecule has 0 spiro atoms. The molecular formula is C33H43N. The van der Waals surface area contributed by atoms with Crippen LogP contribution in [-0.2, 0) is 18.3 Å². The van der Waals surface area contributed by atoms with Crippen molar-refractivity contribution in [1.82, 2.24) is 4.90 Å². The summed E-state index contributed by atoms with van der Waals surface area (Å²) in [5, 5.41) is 0. The van der Waals surface area contributed by atoms with Crippen LogP contribution in [0.5, 0.6) is 0 Å². The van der Waals surface area contributed by atoms with Crippen molar-refractivity contribution in [2.45, 2.75) is 76.7 Å². The number of likely N-dealkylation sites (tertiary alicyclic amines) is 1. The van der Waals surface area contributed by atoms with Crippen molar-refractivity contribution in [1.29, 1.82) is 0 Å². The maximum absolute atomic E-state index is 4.37. The number of nitrogens with zero attached hydrogens (tertiary/aromatic N) is 1. The molecule has 0 radical (unpaired) electrons. The molecule has 2 aromatic carbocycles. The van der Waals surface area contributed by atoms with E-state index in [1.54, 1.807) is 0 Å². The third kappa shape index (κ3) is 5.47. The summed E-state index contributed by atoms with van der Waals surface area (Å²) in [5.74, 6) is 0.758. The molecule has 180 valence electrons. The molecule has 1 heterocycles. The highest BCUT2D eigenvalue weighted by atomic mass is 15.2. The van der Waals surface area contributed by atoms with Crippen LogP contribution in [0.1, 0.15) is 69.6 Å². The second-order valence-corrected chi connectivity index (χ2v) is 11.0. The van der Waals surface area contributed by atoms with Gasteiger partial charge in [0.2, 0.25) is 0 Å². The first-order chi connectivity index (χ1) is 16.5. The molecule has 1 nitrogen and oxygen atoms in total. The molecule has 0 amide bonds. The number of hydrogen-bond acceptors (Lipinski definition) is 1. The van der Waals surface area contributed by atoms with Gasteiger partial charge >= 0.3 is 0 Å². The van der Waals surface area contributed by atoms with E-state index >= 15 is 0 Å². The minimum absolute atomic E-state index is 0.115. The number of aryl methyl sites for hydroxylation is 1. The minimum atomic E-state index is -0.115. The predicted octanol–water partition coefficient (Wildman–Crippen LogP) is 8.07. The van der Waals surface area contributed by atoms with Crippen LogP contribution < -0.4 is 0 Å². The zero-order chi connectivity index (χ0) is 24.0. The SMILES string of the molecule is C=CC(CCC(C)(C)N1CCC(Cc2ccc(CC)cc2)C1)(C1=CCCC=C1)c1ccccc1. The van der Waals surface area contributed by atoms with E-state index in [2.05, 4.69) is 111 Å². The fourth-order valence-electron chi connectivity index (χ4n) is 5.93. The zero-order valence-corrected chi connectivity index (χ0v) is 21.6. The van der Waals surface area contributed by atoms with Crippen molar-refractivity contribution < 1.29 is 0 Å². The fraction of sp³-hybridized carbons (Fsp3) is 0.455. The van der Waals surface area contributed by atoms with Gasteiger partial charge in [-0.3, -0.25) is 4.90 Å². The normalized spacial score (nSPS) is 20.7. The fourth-order valence-corrected chi connectivity index (χ4v) is 5.93. The van der Waals surface area contributed by atoms with Crippen LogP contribution >= 0.6 is 0 Å². The molecule has 0 saturated carbocycles. The van der Waals surface area contributed by atoms with Crippen molar-refractivity contribution in [2.75, 3.05) is 13.1 Å². The van der Waals surface area contributed by atoms with Gasteiger partial charge in [0, 0.05) is 17.5 Å². The van der Waals surface area contributed by atoms with E-state index in [0.29, 0.717) is 0 Å². The lowest BCUT2D eigenvalue weighted by molar-refractivity contribution is 0.131. The smallest absolute Gasteiger partial charge is 0.0376 e. The molecule has 34 heavy (non-hydrogen) atoms. The lowest BCUT2D eigenvalue weighted by atomic mass is 9.68. The van der Waals surface area contributed by atoms with Crippen LogP contribution in [0.4, 0.5) is 0 Å². The molecule has 4 rings (SSSR count). The largest absolute Gasteiger partial charge is 0.298 e. The van der Waals surface area contributed by atoms with Gasteiger partial charge in [-0.05, 0) is 93.5 Å². The van der Waals surface area contributed by atoms with Gasteiger partial charge in [-0.25, -0.2) is 0 Å². The molecule has 1 saturated heterocycles. The Balaban J connectivity index is 1.45. The molecule has 2 unspecified atom stereocenters. The third-order valence-corrected chi connectivity index (χ3v) is 8.38. The topological polar surface area (TPSA) is 3.24 Å². The maximum Gasteiger partial charge on any atom is 0.0376 e. The Hall–Kier alpha value is -2.38. The summed E-state index contributed by atoms with van der Waals surface area (Å²) in [6.07, 6.45) is 17.5. The van der Waals surface area contributed by atoms with Gasteiger partial charge in [-0.1, -0.05) is 85.8 Å². The van der Waals surface area contributed by atoms with Crippen LogP contribution in [0.3, 0.4) is 0 Å². The molecule has 2 atom stereocenters. The monoisotopic (exact) mass is 453 g/mol. The highest BCUT2D eigenvalue weighted by molar-refractivity contribution is 5.47. The second-order valence-electron chi connectivity index (χ2n) is 11.0. The molecular weight excluding hydrogens is 410 g/mol. The summed E-state index contributed by atoms with van der Waals surface area (Å²) in [4.78, 5) is 2.75. The molecule has 1 aliphatic carbocycles. The summed E-state index contributed by atoms with van der Waals surface area (Å²) >= 11 is 0. The van der Waals surface area contributed by atoms with Crippen molar-refractivity contribution >= 4 is 0 Å². The summed E-state index contributed by atoms with van der Waals surface area (Å²) < 4.78 is 0. The lowest BCUT2D eigenvalue weighted by Crippen LogP contribution is -2.44. The van der Waals surface area contributed by atoms with Gasteiger partial charge < -0.3 is 0 Å². The Morgan fingerprint density at radius 1 is 0.971 bits per heavy atom. The van der Waals surface area contributed by atoms with Crippen LogP contribution in [0, 0.1) is 5.92 Å². The molecule has 2 aliphatic rings.